The number of carboxylic acids is 1. The number of hydrogen-bond acceptors (Lipinski definition) is 6. The topological polar surface area (TPSA) is 111 Å². The first-order valence-electron chi connectivity index (χ1n) is 2.76. The fraction of sp³-hybridized carbons (Fsp3) is 0.667. The van der Waals surface area contributed by atoms with Crippen molar-refractivity contribution in [2.45, 2.75) is 11.7 Å². The third-order valence-corrected chi connectivity index (χ3v) is 1.58. The maximum Gasteiger partial charge on any atom is 0.649 e. The number of hydrogen-bond donors (Lipinski definition) is 3. The van der Waals surface area contributed by atoms with E-state index < -0.39 is 25.0 Å². The fourth-order valence-electron chi connectivity index (χ4n) is 0.905. The molecular formula is C3H4BNO6. The highest BCUT2D eigenvalue weighted by atomic mass is 17.0. The monoisotopic (exact) mass is 161 g/mol. The summed E-state index contributed by atoms with van der Waals surface area (Å²) in [5, 5.41) is 17.5. The van der Waals surface area contributed by atoms with Gasteiger partial charge in [0, 0.05) is 0 Å². The molecule has 7 nitrogen and oxygen atoms in total. The summed E-state index contributed by atoms with van der Waals surface area (Å²) in [7, 11) is -1.17. The van der Waals surface area contributed by atoms with Crippen LogP contribution >= 0.6 is 0 Å². The Kier molecular flexibility index (Phi) is 0.999. The summed E-state index contributed by atoms with van der Waals surface area (Å²) in [4.78, 5) is 10.4. The lowest BCUT2D eigenvalue weighted by atomic mass is 10.1. The van der Waals surface area contributed by atoms with Gasteiger partial charge < -0.3 is 24.2 Å². The first-order valence-corrected chi connectivity index (χ1v) is 2.76. The van der Waals surface area contributed by atoms with E-state index in [0.717, 1.165) is 0 Å². The van der Waals surface area contributed by atoms with Crippen LogP contribution in [0.2, 0.25) is 0 Å². The van der Waals surface area contributed by atoms with E-state index in [9.17, 15) is 4.79 Å². The van der Waals surface area contributed by atoms with Crippen LogP contribution in [0.4, 0.5) is 0 Å². The highest BCUT2D eigenvalue weighted by Crippen LogP contribution is 2.43. The largest absolute Gasteiger partial charge is 0.649 e. The Morgan fingerprint density at radius 2 is 2.00 bits per heavy atom. The summed E-state index contributed by atoms with van der Waals surface area (Å²) in [6.45, 7) is 0. The molecule has 8 heteroatoms. The maximum atomic E-state index is 10.4. The van der Waals surface area contributed by atoms with Crippen LogP contribution in [0.25, 0.3) is 0 Å². The van der Waals surface area contributed by atoms with Crippen molar-refractivity contribution in [2.75, 3.05) is 0 Å². The highest BCUT2D eigenvalue weighted by molar-refractivity contribution is 6.41. The molecule has 0 saturated carbocycles. The van der Waals surface area contributed by atoms with Crippen LogP contribution in [0, 0.1) is 0 Å². The molecule has 0 aromatic carbocycles. The molecule has 0 aromatic rings. The van der Waals surface area contributed by atoms with Gasteiger partial charge in [0.2, 0.25) is 0 Å². The summed E-state index contributed by atoms with van der Waals surface area (Å²) in [6.07, 6.45) is 0. The van der Waals surface area contributed by atoms with E-state index >= 15 is 0 Å². The molecule has 3 aliphatic rings. The van der Waals surface area contributed by atoms with Crippen molar-refractivity contribution in [3.8, 4) is 0 Å². The summed E-state index contributed by atoms with van der Waals surface area (Å²) >= 11 is 0. The number of carbonyl (C=O) groups is 1. The van der Waals surface area contributed by atoms with Gasteiger partial charge >= 0.3 is 19.3 Å². The van der Waals surface area contributed by atoms with Gasteiger partial charge in [0.15, 0.2) is 0 Å². The van der Waals surface area contributed by atoms with Crippen molar-refractivity contribution < 1.29 is 29.0 Å². The highest BCUT2D eigenvalue weighted by Gasteiger charge is 2.78. The van der Waals surface area contributed by atoms with Crippen LogP contribution in [0.15, 0.2) is 0 Å². The second-order valence-corrected chi connectivity index (χ2v) is 2.26. The maximum absolute atomic E-state index is 10.4. The zero-order valence-corrected chi connectivity index (χ0v) is 5.18. The van der Waals surface area contributed by atoms with E-state index in [0.29, 0.717) is 0 Å². The van der Waals surface area contributed by atoms with Crippen LogP contribution in [0.1, 0.15) is 0 Å². The van der Waals surface area contributed by atoms with Crippen molar-refractivity contribution in [3.05, 3.63) is 0 Å². The molecule has 3 saturated heterocycles. The summed E-state index contributed by atoms with van der Waals surface area (Å²) in [5.41, 5.74) is 2.79. The van der Waals surface area contributed by atoms with E-state index in [2.05, 4.69) is 14.0 Å². The molecule has 0 aliphatic carbocycles. The summed E-state index contributed by atoms with van der Waals surface area (Å²) in [6, 6.07) is 0. The Morgan fingerprint density at radius 1 is 1.45 bits per heavy atom. The molecule has 2 bridgehead atoms. The number of nitrogens with two attached hydrogens (primary N) is 1. The third kappa shape index (κ3) is 0.584. The van der Waals surface area contributed by atoms with Crippen molar-refractivity contribution in [1.29, 1.82) is 0 Å². The van der Waals surface area contributed by atoms with Crippen molar-refractivity contribution in [2.24, 2.45) is 5.73 Å². The molecule has 1 atom stereocenters. The second-order valence-electron chi connectivity index (χ2n) is 2.26. The fourth-order valence-corrected chi connectivity index (χ4v) is 0.905. The van der Waals surface area contributed by atoms with Crippen LogP contribution in [0.5, 0.6) is 0 Å². The molecule has 60 valence electrons. The van der Waals surface area contributed by atoms with Gasteiger partial charge in [-0.3, -0.25) is 5.73 Å². The molecule has 3 aliphatic heterocycles. The lowest BCUT2D eigenvalue weighted by molar-refractivity contribution is -0.353. The van der Waals surface area contributed by atoms with Crippen molar-refractivity contribution in [3.63, 3.8) is 0 Å². The molecule has 0 aromatic heterocycles. The standard InChI is InChI=1S/C3H4BNO6/c5-2(1(6)7)3(8)10-4(9-2)11-3/h8H,5H2,(H,6,7)/t2-/m1/s1. The summed E-state index contributed by atoms with van der Waals surface area (Å²) < 4.78 is 13.3. The lowest BCUT2D eigenvalue weighted by Gasteiger charge is -2.33. The molecule has 3 fully saturated rings. The molecule has 0 radical (unpaired) electrons. The minimum Gasteiger partial charge on any atom is -0.478 e. The van der Waals surface area contributed by atoms with Gasteiger partial charge in [-0.05, 0) is 0 Å². The minimum absolute atomic E-state index is 1.17. The Morgan fingerprint density at radius 3 is 2.18 bits per heavy atom. The predicted molar refractivity (Wildman–Crippen MR) is 28.5 cm³/mol. The molecule has 0 spiro atoms. The molecular weight excluding hydrogens is 157 g/mol. The van der Waals surface area contributed by atoms with Crippen LogP contribution in [-0.4, -0.2) is 35.2 Å². The van der Waals surface area contributed by atoms with E-state index in [1.807, 2.05) is 0 Å². The van der Waals surface area contributed by atoms with E-state index in [-0.39, 0.29) is 0 Å². The number of aliphatic hydroxyl groups is 1. The average Bonchev–Trinajstić information content (AvgIpc) is 2.17. The summed E-state index contributed by atoms with van der Waals surface area (Å²) in [5.74, 6) is -3.87. The first kappa shape index (κ1) is 7.01. The van der Waals surface area contributed by atoms with Gasteiger partial charge in [-0.1, -0.05) is 0 Å². The van der Waals surface area contributed by atoms with Crippen LogP contribution in [-0.2, 0) is 18.8 Å². The molecule has 0 unspecified atom stereocenters. The smallest absolute Gasteiger partial charge is 0.478 e. The Balaban J connectivity index is 2.34. The SMILES string of the molecule is N[C@]1(C(=O)O)OB2OC1(O)O2. The molecule has 3 heterocycles. The molecule has 4 N–H and O–H groups in total. The first-order chi connectivity index (χ1) is 4.98. The van der Waals surface area contributed by atoms with Crippen LogP contribution in [0.3, 0.4) is 0 Å². The average molecular weight is 161 g/mol. The van der Waals surface area contributed by atoms with Gasteiger partial charge in [0.25, 0.3) is 5.72 Å². The Bertz CT molecular complexity index is 226. The predicted octanol–water partition coefficient (Wildman–Crippen LogP) is -2.57. The minimum atomic E-state index is -2.33. The van der Waals surface area contributed by atoms with Crippen molar-refractivity contribution in [1.82, 2.24) is 0 Å². The quantitative estimate of drug-likeness (QED) is 0.362. The number of rotatable bonds is 1. The van der Waals surface area contributed by atoms with Gasteiger partial charge in [-0.2, -0.15) is 0 Å². The molecule has 3 rings (SSSR count). The van der Waals surface area contributed by atoms with E-state index in [4.69, 9.17) is 15.9 Å². The van der Waals surface area contributed by atoms with E-state index in [1.165, 1.54) is 0 Å². The van der Waals surface area contributed by atoms with Gasteiger partial charge in [0.05, 0.1) is 0 Å². The van der Waals surface area contributed by atoms with Gasteiger partial charge in [0.1, 0.15) is 0 Å². The normalized spacial score (nSPS) is 47.3. The number of carboxylic acid groups (broad SMARTS) is 1. The van der Waals surface area contributed by atoms with E-state index in [1.54, 1.807) is 0 Å². The Labute approximate surface area is 60.8 Å². The van der Waals surface area contributed by atoms with Crippen LogP contribution < -0.4 is 5.73 Å². The third-order valence-electron chi connectivity index (χ3n) is 1.58. The van der Waals surface area contributed by atoms with Gasteiger partial charge in [-0.25, -0.2) is 4.79 Å². The molecule has 0 amide bonds. The lowest BCUT2D eigenvalue weighted by Crippen LogP contribution is -2.65. The Hall–Kier alpha value is -0.665. The number of aliphatic carboxylic acids is 1. The van der Waals surface area contributed by atoms with Crippen molar-refractivity contribution >= 4 is 13.3 Å². The molecule has 11 heavy (non-hydrogen) atoms. The number of fused-ring (bicyclic) bond motifs is 1. The zero-order chi connectivity index (χ0) is 8.28. The zero-order valence-electron chi connectivity index (χ0n) is 5.18. The second kappa shape index (κ2) is 1.57. The van der Waals surface area contributed by atoms with Gasteiger partial charge in [-0.15, -0.1) is 0 Å².